The first-order chi connectivity index (χ1) is 14.4. The number of Topliss-reactive ketones (excluding diaryl/α,β-unsaturated/α-hetero) is 1. The number of likely N-dealkylation sites (tertiary alicyclic amines) is 1. The molecule has 1 amide bonds. The van der Waals surface area contributed by atoms with Gasteiger partial charge in [0, 0.05) is 19.3 Å². The lowest BCUT2D eigenvalue weighted by atomic mass is 9.94. The van der Waals surface area contributed by atoms with E-state index in [2.05, 4.69) is 41.5 Å². The summed E-state index contributed by atoms with van der Waals surface area (Å²) in [6, 6.07) is 12.8. The van der Waals surface area contributed by atoms with Crippen molar-refractivity contribution in [1.29, 1.82) is 0 Å². The minimum atomic E-state index is 0.125. The van der Waals surface area contributed by atoms with Crippen molar-refractivity contribution in [1.82, 2.24) is 9.88 Å². The molecule has 1 fully saturated rings. The predicted molar refractivity (Wildman–Crippen MR) is 123 cm³/mol. The number of aryl methyl sites for hydroxylation is 1. The fourth-order valence-corrected chi connectivity index (χ4v) is 3.72. The standard InChI is InChI=1S/C20H23N3O.C3H6O.C2H6/c1-14-9-10-23(13-14)20(24)17-11-16-7-8-18(22-19(16)21-12-17)15-5-3-2-4-6-15;1-3(2)4;1-2/h2-6,11-12,14,18H,7-10,13H2,1H3,(H,21,22);1-2H3;1-2H3/t14-,18?;;/m0../s1. The molecule has 1 N–H and O–H groups in total. The molecule has 2 aliphatic rings. The third kappa shape index (κ3) is 6.41. The van der Waals surface area contributed by atoms with E-state index in [4.69, 9.17) is 0 Å². The minimum Gasteiger partial charge on any atom is -0.363 e. The van der Waals surface area contributed by atoms with E-state index in [0.29, 0.717) is 12.0 Å². The zero-order valence-electron chi connectivity index (χ0n) is 18.9. The van der Waals surface area contributed by atoms with Gasteiger partial charge in [-0.25, -0.2) is 4.98 Å². The molecule has 4 rings (SSSR count). The zero-order valence-corrected chi connectivity index (χ0v) is 18.9. The molecule has 0 radical (unpaired) electrons. The lowest BCUT2D eigenvalue weighted by molar-refractivity contribution is -0.115. The van der Waals surface area contributed by atoms with E-state index in [9.17, 15) is 9.59 Å². The maximum absolute atomic E-state index is 12.6. The highest BCUT2D eigenvalue weighted by Gasteiger charge is 2.26. The Morgan fingerprint density at radius 1 is 1.10 bits per heavy atom. The van der Waals surface area contributed by atoms with Crippen LogP contribution in [0, 0.1) is 5.92 Å². The molecular weight excluding hydrogens is 374 g/mol. The smallest absolute Gasteiger partial charge is 0.255 e. The number of benzene rings is 1. The van der Waals surface area contributed by atoms with Gasteiger partial charge in [0.05, 0.1) is 11.6 Å². The van der Waals surface area contributed by atoms with E-state index < -0.39 is 0 Å². The summed E-state index contributed by atoms with van der Waals surface area (Å²) in [6.45, 7) is 11.0. The molecule has 1 aromatic heterocycles. The predicted octanol–water partition coefficient (Wildman–Crippen LogP) is 5.28. The van der Waals surface area contributed by atoms with Crippen LogP contribution in [-0.4, -0.2) is 34.7 Å². The summed E-state index contributed by atoms with van der Waals surface area (Å²) in [5.41, 5.74) is 3.17. The molecule has 2 aliphatic heterocycles. The second kappa shape index (κ2) is 11.5. The average Bonchev–Trinajstić information content (AvgIpc) is 3.20. The SMILES string of the molecule is CC.CC(C)=O.C[C@H]1CCN(C(=O)c2cnc3c(c2)CCC(c2ccccc2)N3)C1. The van der Waals surface area contributed by atoms with Gasteiger partial charge >= 0.3 is 0 Å². The minimum absolute atomic E-state index is 0.125. The molecule has 0 saturated carbocycles. The van der Waals surface area contributed by atoms with Crippen molar-refractivity contribution in [3.05, 3.63) is 59.3 Å². The number of hydrogen-bond donors (Lipinski definition) is 1. The molecule has 162 valence electrons. The molecule has 2 aromatic rings. The van der Waals surface area contributed by atoms with Crippen LogP contribution in [0.1, 0.15) is 75.0 Å². The van der Waals surface area contributed by atoms with Crippen LogP contribution in [0.5, 0.6) is 0 Å². The van der Waals surface area contributed by atoms with Crippen molar-refractivity contribution in [2.75, 3.05) is 18.4 Å². The topological polar surface area (TPSA) is 62.3 Å². The van der Waals surface area contributed by atoms with E-state index in [0.717, 1.165) is 49.3 Å². The molecule has 1 aromatic carbocycles. The van der Waals surface area contributed by atoms with E-state index in [1.807, 2.05) is 30.9 Å². The molecule has 3 heterocycles. The Balaban J connectivity index is 0.000000481. The van der Waals surface area contributed by atoms with Crippen LogP contribution in [0.15, 0.2) is 42.6 Å². The fraction of sp³-hybridized carbons (Fsp3) is 0.480. The summed E-state index contributed by atoms with van der Waals surface area (Å²) in [5.74, 6) is 1.81. The summed E-state index contributed by atoms with van der Waals surface area (Å²) in [4.78, 5) is 28.6. The zero-order chi connectivity index (χ0) is 22.1. The molecule has 0 spiro atoms. The van der Waals surface area contributed by atoms with Crippen LogP contribution in [-0.2, 0) is 11.2 Å². The normalized spacial score (nSPS) is 19.3. The number of aromatic nitrogens is 1. The lowest BCUT2D eigenvalue weighted by Crippen LogP contribution is -2.29. The van der Waals surface area contributed by atoms with Gasteiger partial charge in [0.1, 0.15) is 11.6 Å². The molecule has 2 atom stereocenters. The summed E-state index contributed by atoms with van der Waals surface area (Å²) >= 11 is 0. The van der Waals surface area contributed by atoms with Crippen molar-refractivity contribution < 1.29 is 9.59 Å². The number of carbonyl (C=O) groups excluding carboxylic acids is 2. The quantitative estimate of drug-likeness (QED) is 0.732. The van der Waals surface area contributed by atoms with Crippen LogP contribution < -0.4 is 5.32 Å². The lowest BCUT2D eigenvalue weighted by Gasteiger charge is -2.27. The van der Waals surface area contributed by atoms with Gasteiger partial charge in [-0.3, -0.25) is 4.79 Å². The maximum Gasteiger partial charge on any atom is 0.255 e. The number of nitrogens with zero attached hydrogens (tertiary/aromatic N) is 2. The number of pyridine rings is 1. The van der Waals surface area contributed by atoms with E-state index in [1.54, 1.807) is 6.20 Å². The van der Waals surface area contributed by atoms with Gasteiger partial charge in [-0.05, 0) is 56.2 Å². The van der Waals surface area contributed by atoms with E-state index >= 15 is 0 Å². The Hall–Kier alpha value is -2.69. The second-order valence-electron chi connectivity index (χ2n) is 7.93. The Bertz CT molecular complexity index is 832. The van der Waals surface area contributed by atoms with Crippen LogP contribution in [0.4, 0.5) is 5.82 Å². The van der Waals surface area contributed by atoms with Gasteiger partial charge in [0.2, 0.25) is 0 Å². The van der Waals surface area contributed by atoms with Gasteiger partial charge in [-0.2, -0.15) is 0 Å². The molecule has 1 saturated heterocycles. The van der Waals surface area contributed by atoms with Gasteiger partial charge in [-0.15, -0.1) is 0 Å². The average molecular weight is 410 g/mol. The van der Waals surface area contributed by atoms with Crippen LogP contribution in [0.2, 0.25) is 0 Å². The molecule has 0 aliphatic carbocycles. The largest absolute Gasteiger partial charge is 0.363 e. The molecule has 1 unspecified atom stereocenters. The van der Waals surface area contributed by atoms with Gasteiger partial charge < -0.3 is 15.0 Å². The number of carbonyl (C=O) groups is 2. The first-order valence-corrected chi connectivity index (χ1v) is 11.0. The van der Waals surface area contributed by atoms with E-state index in [1.165, 1.54) is 19.4 Å². The number of hydrogen-bond acceptors (Lipinski definition) is 4. The van der Waals surface area contributed by atoms with Crippen molar-refractivity contribution in [3.63, 3.8) is 0 Å². The summed E-state index contributed by atoms with van der Waals surface area (Å²) in [7, 11) is 0. The number of fused-ring (bicyclic) bond motifs is 1. The second-order valence-corrected chi connectivity index (χ2v) is 7.93. The van der Waals surface area contributed by atoms with Crippen molar-refractivity contribution >= 4 is 17.5 Å². The van der Waals surface area contributed by atoms with Gasteiger partial charge in [-0.1, -0.05) is 51.1 Å². The highest BCUT2D eigenvalue weighted by molar-refractivity contribution is 5.94. The molecule has 5 heteroatoms. The fourth-order valence-electron chi connectivity index (χ4n) is 3.72. The number of amides is 1. The van der Waals surface area contributed by atoms with Crippen molar-refractivity contribution in [2.45, 2.75) is 59.9 Å². The monoisotopic (exact) mass is 409 g/mol. The molecular formula is C25H35N3O2. The third-order valence-corrected chi connectivity index (χ3v) is 5.14. The Kier molecular flexibility index (Phi) is 9.03. The summed E-state index contributed by atoms with van der Waals surface area (Å²) < 4.78 is 0. The van der Waals surface area contributed by atoms with Gasteiger partial charge in [0.25, 0.3) is 5.91 Å². The third-order valence-electron chi connectivity index (χ3n) is 5.14. The van der Waals surface area contributed by atoms with Crippen LogP contribution >= 0.6 is 0 Å². The number of ketones is 1. The molecule has 5 nitrogen and oxygen atoms in total. The number of anilines is 1. The van der Waals surface area contributed by atoms with E-state index in [-0.39, 0.29) is 11.7 Å². The highest BCUT2D eigenvalue weighted by Crippen LogP contribution is 2.32. The highest BCUT2D eigenvalue weighted by atomic mass is 16.2. The first-order valence-electron chi connectivity index (χ1n) is 11.0. The first kappa shape index (κ1) is 23.6. The van der Waals surface area contributed by atoms with Crippen LogP contribution in [0.3, 0.4) is 0 Å². The van der Waals surface area contributed by atoms with Crippen LogP contribution in [0.25, 0.3) is 0 Å². The Morgan fingerprint density at radius 2 is 1.77 bits per heavy atom. The number of nitrogens with one attached hydrogen (secondary N) is 1. The summed E-state index contributed by atoms with van der Waals surface area (Å²) in [6.07, 6.45) is 4.80. The maximum atomic E-state index is 12.6. The van der Waals surface area contributed by atoms with Crippen molar-refractivity contribution in [3.8, 4) is 0 Å². The molecule has 0 bridgehead atoms. The molecule has 30 heavy (non-hydrogen) atoms. The Morgan fingerprint density at radius 3 is 2.37 bits per heavy atom. The number of rotatable bonds is 2. The van der Waals surface area contributed by atoms with Gasteiger partial charge in [0.15, 0.2) is 0 Å². The summed E-state index contributed by atoms with van der Waals surface area (Å²) in [5, 5.41) is 3.52. The Labute approximate surface area is 180 Å². The van der Waals surface area contributed by atoms with Crippen molar-refractivity contribution in [2.24, 2.45) is 5.92 Å².